The molecule has 2 atom stereocenters. The van der Waals surface area contributed by atoms with Gasteiger partial charge in [0, 0.05) is 24.2 Å². The van der Waals surface area contributed by atoms with Crippen molar-refractivity contribution in [3.8, 4) is 11.4 Å². The highest BCUT2D eigenvalue weighted by Gasteiger charge is 2.36. The van der Waals surface area contributed by atoms with Gasteiger partial charge < -0.3 is 4.90 Å². The Balaban J connectivity index is 1.47. The Kier molecular flexibility index (Phi) is 3.67. The highest BCUT2D eigenvalue weighted by Crippen LogP contribution is 2.36. The molecule has 2 heterocycles. The number of hydrogen-bond acceptors (Lipinski definition) is 4. The van der Waals surface area contributed by atoms with Crippen molar-refractivity contribution in [3.63, 3.8) is 0 Å². The van der Waals surface area contributed by atoms with E-state index in [4.69, 9.17) is 0 Å². The zero-order valence-electron chi connectivity index (χ0n) is 14.0. The summed E-state index contributed by atoms with van der Waals surface area (Å²) in [6.07, 6.45) is 4.57. The number of tetrazole rings is 1. The SMILES string of the molecule is CC1=CC[C@@H]2CN(C(=O)c3ccc(-c4nnn(C)n4)cc3)C[C@@H]2C1. The molecule has 0 N–H and O–H groups in total. The van der Waals surface area contributed by atoms with Gasteiger partial charge >= 0.3 is 0 Å². The lowest BCUT2D eigenvalue weighted by molar-refractivity contribution is 0.0784. The van der Waals surface area contributed by atoms with Gasteiger partial charge in [-0.1, -0.05) is 23.8 Å². The van der Waals surface area contributed by atoms with E-state index in [9.17, 15) is 4.79 Å². The summed E-state index contributed by atoms with van der Waals surface area (Å²) in [4.78, 5) is 16.2. The fourth-order valence-corrected chi connectivity index (χ4v) is 3.80. The molecule has 2 aromatic rings. The van der Waals surface area contributed by atoms with E-state index in [-0.39, 0.29) is 5.91 Å². The van der Waals surface area contributed by atoms with Crippen LogP contribution in [0.5, 0.6) is 0 Å². The van der Waals surface area contributed by atoms with Crippen molar-refractivity contribution < 1.29 is 4.79 Å². The van der Waals surface area contributed by atoms with Crippen LogP contribution in [-0.4, -0.2) is 44.1 Å². The second-order valence-electron chi connectivity index (χ2n) is 6.90. The molecule has 1 aromatic carbocycles. The molecule has 1 fully saturated rings. The van der Waals surface area contributed by atoms with Gasteiger partial charge in [0.25, 0.3) is 5.91 Å². The van der Waals surface area contributed by atoms with Crippen LogP contribution in [0.15, 0.2) is 35.9 Å². The molecule has 0 unspecified atom stereocenters. The number of aromatic nitrogens is 4. The van der Waals surface area contributed by atoms with Crippen molar-refractivity contribution in [3.05, 3.63) is 41.5 Å². The fraction of sp³-hybridized carbons (Fsp3) is 0.444. The van der Waals surface area contributed by atoms with Gasteiger partial charge in [-0.15, -0.1) is 10.2 Å². The summed E-state index contributed by atoms with van der Waals surface area (Å²) >= 11 is 0. The number of hydrogen-bond donors (Lipinski definition) is 0. The van der Waals surface area contributed by atoms with Gasteiger partial charge in [-0.3, -0.25) is 4.79 Å². The predicted molar refractivity (Wildman–Crippen MR) is 90.1 cm³/mol. The average molecular weight is 323 g/mol. The van der Waals surface area contributed by atoms with Crippen molar-refractivity contribution in [2.75, 3.05) is 13.1 Å². The van der Waals surface area contributed by atoms with Gasteiger partial charge in [-0.25, -0.2) is 0 Å². The molecule has 1 aliphatic heterocycles. The third kappa shape index (κ3) is 2.72. The normalized spacial score (nSPS) is 23.1. The molecule has 1 saturated heterocycles. The first-order valence-electron chi connectivity index (χ1n) is 8.39. The third-order valence-corrected chi connectivity index (χ3v) is 5.12. The van der Waals surface area contributed by atoms with Crippen molar-refractivity contribution in [2.24, 2.45) is 18.9 Å². The first kappa shape index (κ1) is 15.1. The average Bonchev–Trinajstić information content (AvgIpc) is 3.20. The van der Waals surface area contributed by atoms with Gasteiger partial charge in [-0.2, -0.15) is 4.80 Å². The van der Waals surface area contributed by atoms with Crippen LogP contribution in [0.25, 0.3) is 11.4 Å². The van der Waals surface area contributed by atoms with Crippen LogP contribution >= 0.6 is 0 Å². The Morgan fingerprint density at radius 1 is 1.17 bits per heavy atom. The molecule has 4 rings (SSSR count). The number of amides is 1. The maximum Gasteiger partial charge on any atom is 0.253 e. The molecule has 6 heteroatoms. The van der Waals surface area contributed by atoms with E-state index in [0.717, 1.165) is 37.1 Å². The van der Waals surface area contributed by atoms with Crippen LogP contribution < -0.4 is 0 Å². The lowest BCUT2D eigenvalue weighted by Crippen LogP contribution is -2.28. The summed E-state index contributed by atoms with van der Waals surface area (Å²) in [6, 6.07) is 7.50. The molecule has 2 aliphatic rings. The molecule has 1 aromatic heterocycles. The Labute approximate surface area is 141 Å². The van der Waals surface area contributed by atoms with E-state index in [1.807, 2.05) is 29.2 Å². The number of fused-ring (bicyclic) bond motifs is 1. The predicted octanol–water partition coefficient (Wildman–Crippen LogP) is 2.31. The van der Waals surface area contributed by atoms with E-state index in [1.54, 1.807) is 7.05 Å². The first-order valence-corrected chi connectivity index (χ1v) is 8.39. The standard InChI is InChI=1S/C18H21N5O/c1-12-3-4-15-10-23(11-16(15)9-12)18(24)14-7-5-13(6-8-14)17-19-21-22(2)20-17/h3,5-8,15-16H,4,9-11H2,1-2H3/t15-,16+/m1/s1. The van der Waals surface area contributed by atoms with Crippen LogP contribution in [0.1, 0.15) is 30.1 Å². The Bertz CT molecular complexity index is 792. The van der Waals surface area contributed by atoms with E-state index in [1.165, 1.54) is 10.4 Å². The molecule has 0 bridgehead atoms. The number of carbonyl (C=O) groups excluding carboxylic acids is 1. The molecule has 124 valence electrons. The zero-order valence-corrected chi connectivity index (χ0v) is 14.0. The highest BCUT2D eigenvalue weighted by molar-refractivity contribution is 5.94. The Hall–Kier alpha value is -2.50. The van der Waals surface area contributed by atoms with Gasteiger partial charge in [-0.05, 0) is 48.9 Å². The number of aryl methyl sites for hydroxylation is 1. The summed E-state index contributed by atoms with van der Waals surface area (Å²) in [6.45, 7) is 3.95. The van der Waals surface area contributed by atoms with Crippen molar-refractivity contribution in [1.82, 2.24) is 25.1 Å². The molecule has 1 amide bonds. The second kappa shape index (κ2) is 5.85. The number of rotatable bonds is 2. The molecule has 1 aliphatic carbocycles. The van der Waals surface area contributed by atoms with Gasteiger partial charge in [0.2, 0.25) is 5.82 Å². The van der Waals surface area contributed by atoms with Crippen molar-refractivity contribution in [2.45, 2.75) is 19.8 Å². The van der Waals surface area contributed by atoms with E-state index in [2.05, 4.69) is 28.4 Å². The molecule has 0 spiro atoms. The molecular weight excluding hydrogens is 302 g/mol. The lowest BCUT2D eigenvalue weighted by Gasteiger charge is -2.21. The van der Waals surface area contributed by atoms with E-state index >= 15 is 0 Å². The topological polar surface area (TPSA) is 63.9 Å². The monoisotopic (exact) mass is 323 g/mol. The van der Waals surface area contributed by atoms with E-state index < -0.39 is 0 Å². The van der Waals surface area contributed by atoms with Crippen LogP contribution in [0.3, 0.4) is 0 Å². The zero-order chi connectivity index (χ0) is 16.7. The number of allylic oxidation sites excluding steroid dienone is 2. The maximum atomic E-state index is 12.8. The Morgan fingerprint density at radius 3 is 2.62 bits per heavy atom. The van der Waals surface area contributed by atoms with Crippen LogP contribution in [0.2, 0.25) is 0 Å². The van der Waals surface area contributed by atoms with E-state index in [0.29, 0.717) is 17.7 Å². The molecule has 24 heavy (non-hydrogen) atoms. The number of likely N-dealkylation sites (tertiary alicyclic amines) is 1. The molecule has 6 nitrogen and oxygen atoms in total. The smallest absolute Gasteiger partial charge is 0.253 e. The largest absolute Gasteiger partial charge is 0.338 e. The minimum Gasteiger partial charge on any atom is -0.338 e. The third-order valence-electron chi connectivity index (χ3n) is 5.12. The lowest BCUT2D eigenvalue weighted by atomic mass is 9.83. The first-order chi connectivity index (χ1) is 11.6. The summed E-state index contributed by atoms with van der Waals surface area (Å²) in [7, 11) is 1.73. The quantitative estimate of drug-likeness (QED) is 0.796. The van der Waals surface area contributed by atoms with Crippen LogP contribution in [0.4, 0.5) is 0 Å². The van der Waals surface area contributed by atoms with Crippen LogP contribution in [-0.2, 0) is 7.05 Å². The summed E-state index contributed by atoms with van der Waals surface area (Å²) < 4.78 is 0. The second-order valence-corrected chi connectivity index (χ2v) is 6.90. The highest BCUT2D eigenvalue weighted by atomic mass is 16.2. The maximum absolute atomic E-state index is 12.8. The molecular formula is C18H21N5O. The number of benzene rings is 1. The summed E-state index contributed by atoms with van der Waals surface area (Å²) in [5, 5.41) is 12.0. The summed E-state index contributed by atoms with van der Waals surface area (Å²) in [5.41, 5.74) is 3.06. The summed E-state index contributed by atoms with van der Waals surface area (Å²) in [5.74, 6) is 1.95. The number of nitrogens with zero attached hydrogens (tertiary/aromatic N) is 5. The minimum absolute atomic E-state index is 0.126. The fourth-order valence-electron chi connectivity index (χ4n) is 3.80. The van der Waals surface area contributed by atoms with Crippen LogP contribution in [0, 0.1) is 11.8 Å². The molecule has 0 saturated carbocycles. The van der Waals surface area contributed by atoms with Crippen molar-refractivity contribution in [1.29, 1.82) is 0 Å². The van der Waals surface area contributed by atoms with Gasteiger partial charge in [0.05, 0.1) is 7.05 Å². The minimum atomic E-state index is 0.126. The Morgan fingerprint density at radius 2 is 1.92 bits per heavy atom. The van der Waals surface area contributed by atoms with Gasteiger partial charge in [0.15, 0.2) is 0 Å². The van der Waals surface area contributed by atoms with Gasteiger partial charge in [0.1, 0.15) is 0 Å². The molecule has 0 radical (unpaired) electrons. The number of carbonyl (C=O) groups is 1. The van der Waals surface area contributed by atoms with Crippen molar-refractivity contribution >= 4 is 5.91 Å².